The standard InChI is InChI=1S/C19H28ClN3O3S/c1-2-17-9-5-6-13-23(17)19(24)15-22-12-7-11-21(27(22,25)26)14-16-8-3-4-10-18(16)20/h3-4,8,10,17H,2,5-7,9,11-15H2,1H3. The first-order valence-electron chi connectivity index (χ1n) is 9.71. The Morgan fingerprint density at radius 1 is 1.11 bits per heavy atom. The average Bonchev–Trinajstić information content (AvgIpc) is 2.66. The predicted octanol–water partition coefficient (Wildman–Crippen LogP) is 2.88. The highest BCUT2D eigenvalue weighted by molar-refractivity contribution is 7.86. The van der Waals surface area contributed by atoms with Gasteiger partial charge in [0.25, 0.3) is 10.2 Å². The monoisotopic (exact) mass is 413 g/mol. The molecule has 3 rings (SSSR count). The quantitative estimate of drug-likeness (QED) is 0.745. The molecule has 0 saturated carbocycles. The fourth-order valence-electron chi connectivity index (χ4n) is 3.95. The largest absolute Gasteiger partial charge is 0.339 e. The lowest BCUT2D eigenvalue weighted by molar-refractivity contribution is -0.135. The zero-order chi connectivity index (χ0) is 19.4. The number of piperidine rings is 1. The van der Waals surface area contributed by atoms with Crippen LogP contribution in [-0.4, -0.2) is 60.1 Å². The second-order valence-electron chi connectivity index (χ2n) is 7.26. The molecule has 0 spiro atoms. The number of halogens is 1. The summed E-state index contributed by atoms with van der Waals surface area (Å²) in [5, 5.41) is 0.556. The van der Waals surface area contributed by atoms with Crippen LogP contribution in [0.2, 0.25) is 5.02 Å². The van der Waals surface area contributed by atoms with E-state index in [0.717, 1.165) is 37.8 Å². The molecule has 0 aliphatic carbocycles. The van der Waals surface area contributed by atoms with Crippen molar-refractivity contribution in [2.45, 2.75) is 51.6 Å². The fraction of sp³-hybridized carbons (Fsp3) is 0.632. The van der Waals surface area contributed by atoms with Gasteiger partial charge in [0.15, 0.2) is 0 Å². The third kappa shape index (κ3) is 4.65. The number of carbonyl (C=O) groups is 1. The van der Waals surface area contributed by atoms with Gasteiger partial charge < -0.3 is 4.90 Å². The van der Waals surface area contributed by atoms with Gasteiger partial charge in [-0.2, -0.15) is 17.0 Å². The Bertz CT molecular complexity index is 771. The molecule has 27 heavy (non-hydrogen) atoms. The van der Waals surface area contributed by atoms with E-state index in [-0.39, 0.29) is 25.0 Å². The molecule has 0 radical (unpaired) electrons. The molecular weight excluding hydrogens is 386 g/mol. The molecule has 0 bridgehead atoms. The van der Waals surface area contributed by atoms with E-state index in [2.05, 4.69) is 6.92 Å². The van der Waals surface area contributed by atoms with Crippen molar-refractivity contribution in [1.82, 2.24) is 13.5 Å². The van der Waals surface area contributed by atoms with E-state index >= 15 is 0 Å². The third-order valence-electron chi connectivity index (χ3n) is 5.50. The van der Waals surface area contributed by atoms with Crippen LogP contribution in [0.1, 0.15) is 44.6 Å². The Labute approximate surface area is 167 Å². The minimum Gasteiger partial charge on any atom is -0.339 e. The summed E-state index contributed by atoms with van der Waals surface area (Å²) >= 11 is 6.19. The van der Waals surface area contributed by atoms with E-state index in [1.54, 1.807) is 6.07 Å². The van der Waals surface area contributed by atoms with Crippen LogP contribution >= 0.6 is 11.6 Å². The van der Waals surface area contributed by atoms with Gasteiger partial charge in [-0.1, -0.05) is 36.7 Å². The molecule has 1 atom stereocenters. The summed E-state index contributed by atoms with van der Waals surface area (Å²) in [6, 6.07) is 7.50. The Balaban J connectivity index is 1.70. The topological polar surface area (TPSA) is 60.9 Å². The molecule has 1 aromatic rings. The van der Waals surface area contributed by atoms with Crippen LogP contribution < -0.4 is 0 Å². The van der Waals surface area contributed by atoms with Gasteiger partial charge in [-0.25, -0.2) is 0 Å². The second-order valence-corrected chi connectivity index (χ2v) is 9.60. The first-order chi connectivity index (χ1) is 12.9. The Morgan fingerprint density at radius 2 is 1.85 bits per heavy atom. The minimum absolute atomic E-state index is 0.0716. The van der Waals surface area contributed by atoms with Crippen molar-refractivity contribution in [3.05, 3.63) is 34.9 Å². The van der Waals surface area contributed by atoms with Crippen LogP contribution in [0, 0.1) is 0 Å². The Morgan fingerprint density at radius 3 is 2.59 bits per heavy atom. The molecule has 1 aromatic carbocycles. The van der Waals surface area contributed by atoms with Gasteiger partial charge in [0.2, 0.25) is 5.91 Å². The van der Waals surface area contributed by atoms with Crippen LogP contribution in [0.3, 0.4) is 0 Å². The van der Waals surface area contributed by atoms with Gasteiger partial charge in [0, 0.05) is 37.2 Å². The van der Waals surface area contributed by atoms with Crippen LogP contribution in [-0.2, 0) is 21.5 Å². The average molecular weight is 414 g/mol. The molecule has 2 saturated heterocycles. The molecule has 8 heteroatoms. The van der Waals surface area contributed by atoms with E-state index in [1.807, 2.05) is 23.1 Å². The SMILES string of the molecule is CCC1CCCCN1C(=O)CN1CCCN(Cc2ccccc2Cl)S1(=O)=O. The van der Waals surface area contributed by atoms with Gasteiger partial charge >= 0.3 is 0 Å². The van der Waals surface area contributed by atoms with E-state index in [1.165, 1.54) is 8.61 Å². The van der Waals surface area contributed by atoms with Gasteiger partial charge in [-0.3, -0.25) is 4.79 Å². The highest BCUT2D eigenvalue weighted by atomic mass is 35.5. The maximum atomic E-state index is 13.0. The zero-order valence-electron chi connectivity index (χ0n) is 15.8. The highest BCUT2D eigenvalue weighted by Gasteiger charge is 2.36. The summed E-state index contributed by atoms with van der Waals surface area (Å²) < 4.78 is 28.8. The van der Waals surface area contributed by atoms with Gasteiger partial charge in [0.05, 0.1) is 6.54 Å². The molecule has 0 aromatic heterocycles. The van der Waals surface area contributed by atoms with E-state index in [4.69, 9.17) is 11.6 Å². The Kier molecular flexibility index (Phi) is 6.78. The highest BCUT2D eigenvalue weighted by Crippen LogP contribution is 2.24. The first-order valence-corrected chi connectivity index (χ1v) is 11.5. The third-order valence-corrected chi connectivity index (χ3v) is 7.80. The molecule has 1 amide bonds. The van der Waals surface area contributed by atoms with Crippen molar-refractivity contribution in [2.24, 2.45) is 0 Å². The molecule has 2 heterocycles. The number of hydrogen-bond acceptors (Lipinski definition) is 3. The van der Waals surface area contributed by atoms with Crippen molar-refractivity contribution in [2.75, 3.05) is 26.2 Å². The second kappa shape index (κ2) is 8.90. The number of rotatable bonds is 5. The molecule has 2 fully saturated rings. The molecule has 1 unspecified atom stereocenters. The van der Waals surface area contributed by atoms with Gasteiger partial charge in [0.1, 0.15) is 0 Å². The van der Waals surface area contributed by atoms with Crippen LogP contribution in [0.25, 0.3) is 0 Å². The van der Waals surface area contributed by atoms with E-state index < -0.39 is 10.2 Å². The lowest BCUT2D eigenvalue weighted by Crippen LogP contribution is -2.54. The van der Waals surface area contributed by atoms with Crippen molar-refractivity contribution in [3.63, 3.8) is 0 Å². The lowest BCUT2D eigenvalue weighted by Gasteiger charge is -2.38. The fourth-order valence-corrected chi connectivity index (χ4v) is 5.77. The molecular formula is C19H28ClN3O3S. The van der Waals surface area contributed by atoms with Crippen molar-refractivity contribution < 1.29 is 13.2 Å². The van der Waals surface area contributed by atoms with E-state index in [9.17, 15) is 13.2 Å². The summed E-state index contributed by atoms with van der Waals surface area (Å²) in [4.78, 5) is 14.7. The number of carbonyl (C=O) groups excluding carboxylic acids is 1. The Hall–Kier alpha value is -1.15. The van der Waals surface area contributed by atoms with Crippen LogP contribution in [0.5, 0.6) is 0 Å². The smallest absolute Gasteiger partial charge is 0.282 e. The normalized spacial score (nSPS) is 24.1. The summed E-state index contributed by atoms with van der Waals surface area (Å²) in [6.45, 7) is 3.80. The molecule has 2 aliphatic heterocycles. The number of amides is 1. The van der Waals surface area contributed by atoms with Crippen molar-refractivity contribution in [1.29, 1.82) is 0 Å². The lowest BCUT2D eigenvalue weighted by atomic mass is 10.00. The summed E-state index contributed by atoms with van der Waals surface area (Å²) in [7, 11) is -3.68. The number of likely N-dealkylation sites (tertiary alicyclic amines) is 1. The molecule has 2 aliphatic rings. The zero-order valence-corrected chi connectivity index (χ0v) is 17.4. The van der Waals surface area contributed by atoms with Crippen molar-refractivity contribution in [3.8, 4) is 0 Å². The summed E-state index contributed by atoms with van der Waals surface area (Å²) in [5.74, 6) is -0.0790. The van der Waals surface area contributed by atoms with Crippen molar-refractivity contribution >= 4 is 27.7 Å². The maximum absolute atomic E-state index is 13.0. The first kappa shape index (κ1) is 20.6. The van der Waals surface area contributed by atoms with Gasteiger partial charge in [-0.05, 0) is 43.7 Å². The number of nitrogens with zero attached hydrogens (tertiary/aromatic N) is 3. The molecule has 150 valence electrons. The van der Waals surface area contributed by atoms with Crippen LogP contribution in [0.15, 0.2) is 24.3 Å². The van der Waals surface area contributed by atoms with Crippen LogP contribution in [0.4, 0.5) is 0 Å². The number of hydrogen-bond donors (Lipinski definition) is 0. The molecule has 0 N–H and O–H groups in total. The minimum atomic E-state index is -3.68. The summed E-state index contributed by atoms with van der Waals surface area (Å²) in [5.41, 5.74) is 0.776. The predicted molar refractivity (Wildman–Crippen MR) is 107 cm³/mol. The maximum Gasteiger partial charge on any atom is 0.282 e. The molecule has 6 nitrogen and oxygen atoms in total. The van der Waals surface area contributed by atoms with E-state index in [0.29, 0.717) is 24.5 Å². The summed E-state index contributed by atoms with van der Waals surface area (Å²) in [6.07, 6.45) is 4.75. The number of benzene rings is 1. The van der Waals surface area contributed by atoms with Gasteiger partial charge in [-0.15, -0.1) is 0 Å².